The molecular formula is C25H28N4O6. The summed E-state index contributed by atoms with van der Waals surface area (Å²) in [7, 11) is 3.09. The molecule has 1 aliphatic rings. The zero-order valence-corrected chi connectivity index (χ0v) is 19.6. The Morgan fingerprint density at radius 3 is 2.31 bits per heavy atom. The van der Waals surface area contributed by atoms with Gasteiger partial charge in [0, 0.05) is 23.9 Å². The molecule has 3 aromatic rings. The number of hydrogen-bond acceptors (Lipinski definition) is 8. The van der Waals surface area contributed by atoms with E-state index in [4.69, 9.17) is 19.0 Å². The molecule has 0 radical (unpaired) electrons. The first-order chi connectivity index (χ1) is 16.9. The highest BCUT2D eigenvalue weighted by molar-refractivity contribution is 6.00. The van der Waals surface area contributed by atoms with E-state index >= 15 is 0 Å². The minimum absolute atomic E-state index is 0.0659. The number of carbonyl (C=O) groups is 2. The first-order valence-electron chi connectivity index (χ1n) is 11.4. The van der Waals surface area contributed by atoms with Gasteiger partial charge >= 0.3 is 23.8 Å². The Morgan fingerprint density at radius 2 is 1.66 bits per heavy atom. The molecule has 184 valence electrons. The lowest BCUT2D eigenvalue weighted by molar-refractivity contribution is -0.138. The standard InChI is InChI=1S/C25H28N4O6/c1-33-20-12-11-19(14-21(20)34-2)27-25-29-28-24(35-25)23(32)26-18-9-7-17(8-10-18)16-5-3-15(4-6-16)13-22(30)31/h7-12,14-16H,3-6,13H2,1-2H3,(H,26,32)(H,27,29)(H,30,31)/t15-,16-. The fourth-order valence-electron chi connectivity index (χ4n) is 4.37. The average Bonchev–Trinajstić information content (AvgIpc) is 3.33. The van der Waals surface area contributed by atoms with Crippen molar-refractivity contribution in [3.8, 4) is 11.5 Å². The number of carboxylic acid groups (broad SMARTS) is 1. The summed E-state index contributed by atoms with van der Waals surface area (Å²) in [4.78, 5) is 23.5. The second-order valence-electron chi connectivity index (χ2n) is 8.50. The van der Waals surface area contributed by atoms with E-state index in [0.29, 0.717) is 28.8 Å². The Labute approximate surface area is 202 Å². The smallest absolute Gasteiger partial charge is 0.320 e. The molecule has 2 aromatic carbocycles. The third-order valence-electron chi connectivity index (χ3n) is 6.20. The van der Waals surface area contributed by atoms with Gasteiger partial charge in [-0.05, 0) is 67.3 Å². The van der Waals surface area contributed by atoms with Gasteiger partial charge in [0.25, 0.3) is 0 Å². The molecule has 0 unspecified atom stereocenters. The number of nitrogens with zero attached hydrogens (tertiary/aromatic N) is 2. The zero-order valence-electron chi connectivity index (χ0n) is 19.6. The van der Waals surface area contributed by atoms with E-state index < -0.39 is 11.9 Å². The molecule has 1 aromatic heterocycles. The Bertz CT molecular complexity index is 1170. The van der Waals surface area contributed by atoms with Crippen molar-refractivity contribution in [1.29, 1.82) is 0 Å². The number of carboxylic acids is 1. The quantitative estimate of drug-likeness (QED) is 0.393. The van der Waals surface area contributed by atoms with Crippen LogP contribution < -0.4 is 20.1 Å². The number of carbonyl (C=O) groups excluding carboxylic acids is 1. The van der Waals surface area contributed by atoms with Gasteiger partial charge in [0.2, 0.25) is 0 Å². The monoisotopic (exact) mass is 480 g/mol. The summed E-state index contributed by atoms with van der Waals surface area (Å²) in [6, 6.07) is 12.9. The van der Waals surface area contributed by atoms with Crippen molar-refractivity contribution in [3.05, 3.63) is 53.9 Å². The molecular weight excluding hydrogens is 452 g/mol. The maximum atomic E-state index is 12.6. The zero-order chi connectivity index (χ0) is 24.8. The van der Waals surface area contributed by atoms with Crippen molar-refractivity contribution in [2.75, 3.05) is 24.9 Å². The SMILES string of the molecule is COc1ccc(Nc2nnc(C(=O)Nc3ccc([C@H]4CC[C@H](CC(=O)O)CC4)cc3)o2)cc1OC. The molecule has 10 heteroatoms. The van der Waals surface area contributed by atoms with Crippen LogP contribution in [0, 0.1) is 5.92 Å². The van der Waals surface area contributed by atoms with Crippen LogP contribution in [0.2, 0.25) is 0 Å². The number of aromatic nitrogens is 2. The lowest BCUT2D eigenvalue weighted by atomic mass is 9.77. The second-order valence-corrected chi connectivity index (χ2v) is 8.50. The van der Waals surface area contributed by atoms with Crippen LogP contribution >= 0.6 is 0 Å². The molecule has 0 spiro atoms. The number of benzene rings is 2. The average molecular weight is 481 g/mol. The Balaban J connectivity index is 1.32. The lowest BCUT2D eigenvalue weighted by Gasteiger charge is -2.28. The van der Waals surface area contributed by atoms with Crippen molar-refractivity contribution in [3.63, 3.8) is 0 Å². The van der Waals surface area contributed by atoms with E-state index in [9.17, 15) is 9.59 Å². The molecule has 1 aliphatic carbocycles. The van der Waals surface area contributed by atoms with Crippen LogP contribution in [-0.4, -0.2) is 41.4 Å². The molecule has 1 fully saturated rings. The summed E-state index contributed by atoms with van der Waals surface area (Å²) in [5.41, 5.74) is 2.44. The number of anilines is 3. The van der Waals surface area contributed by atoms with E-state index in [1.54, 1.807) is 25.3 Å². The highest BCUT2D eigenvalue weighted by Gasteiger charge is 2.24. The maximum absolute atomic E-state index is 12.6. The number of rotatable bonds is 9. The molecule has 35 heavy (non-hydrogen) atoms. The number of hydrogen-bond donors (Lipinski definition) is 3. The topological polar surface area (TPSA) is 136 Å². The molecule has 0 aliphatic heterocycles. The largest absolute Gasteiger partial charge is 0.493 e. The summed E-state index contributed by atoms with van der Waals surface area (Å²) in [5.74, 6) is 0.383. The molecule has 4 rings (SSSR count). The van der Waals surface area contributed by atoms with Crippen LogP contribution in [0.15, 0.2) is 46.9 Å². The van der Waals surface area contributed by atoms with Crippen LogP contribution in [0.3, 0.4) is 0 Å². The minimum Gasteiger partial charge on any atom is -0.493 e. The molecule has 0 saturated heterocycles. The van der Waals surface area contributed by atoms with Crippen molar-refractivity contribution >= 4 is 29.3 Å². The molecule has 10 nitrogen and oxygen atoms in total. The van der Waals surface area contributed by atoms with E-state index in [2.05, 4.69) is 20.8 Å². The highest BCUT2D eigenvalue weighted by Crippen LogP contribution is 2.37. The predicted molar refractivity (Wildman–Crippen MR) is 128 cm³/mol. The number of methoxy groups -OCH3 is 2. The summed E-state index contributed by atoms with van der Waals surface area (Å²) in [5, 5.41) is 22.4. The van der Waals surface area contributed by atoms with Gasteiger partial charge in [0.1, 0.15) is 0 Å². The predicted octanol–water partition coefficient (Wildman–Crippen LogP) is 4.83. The van der Waals surface area contributed by atoms with Crippen LogP contribution in [0.1, 0.15) is 54.3 Å². The van der Waals surface area contributed by atoms with Gasteiger partial charge in [0.05, 0.1) is 14.2 Å². The molecule has 1 amide bonds. The molecule has 0 atom stereocenters. The van der Waals surface area contributed by atoms with Gasteiger partial charge in [-0.3, -0.25) is 9.59 Å². The van der Waals surface area contributed by atoms with Crippen LogP contribution in [-0.2, 0) is 4.79 Å². The van der Waals surface area contributed by atoms with Gasteiger partial charge < -0.3 is 29.6 Å². The van der Waals surface area contributed by atoms with E-state index in [1.165, 1.54) is 12.7 Å². The fraction of sp³-hybridized carbons (Fsp3) is 0.360. The lowest BCUT2D eigenvalue weighted by Crippen LogP contribution is -2.16. The molecule has 1 saturated carbocycles. The van der Waals surface area contributed by atoms with Gasteiger partial charge in [-0.2, -0.15) is 0 Å². The Hall–Kier alpha value is -4.08. The van der Waals surface area contributed by atoms with Crippen LogP contribution in [0.4, 0.5) is 17.4 Å². The van der Waals surface area contributed by atoms with E-state index in [-0.39, 0.29) is 24.2 Å². The number of amides is 1. The number of ether oxygens (including phenoxy) is 2. The summed E-state index contributed by atoms with van der Waals surface area (Å²) < 4.78 is 15.9. The van der Waals surface area contributed by atoms with Crippen LogP contribution in [0.25, 0.3) is 0 Å². The highest BCUT2D eigenvalue weighted by atomic mass is 16.5. The van der Waals surface area contributed by atoms with Gasteiger partial charge in [-0.1, -0.05) is 17.2 Å². The van der Waals surface area contributed by atoms with Gasteiger partial charge in [0.15, 0.2) is 11.5 Å². The molecule has 3 N–H and O–H groups in total. The van der Waals surface area contributed by atoms with Crippen molar-refractivity contribution in [2.24, 2.45) is 5.92 Å². The van der Waals surface area contributed by atoms with Gasteiger partial charge in [-0.25, -0.2) is 0 Å². The summed E-state index contributed by atoms with van der Waals surface area (Å²) in [6.45, 7) is 0. The first-order valence-corrected chi connectivity index (χ1v) is 11.4. The summed E-state index contributed by atoms with van der Waals surface area (Å²) in [6.07, 6.45) is 4.04. The second kappa shape index (κ2) is 10.9. The fourth-order valence-corrected chi connectivity index (χ4v) is 4.37. The van der Waals surface area contributed by atoms with Crippen molar-refractivity contribution in [2.45, 2.75) is 38.0 Å². The third-order valence-corrected chi connectivity index (χ3v) is 6.20. The number of aliphatic carboxylic acids is 1. The van der Waals surface area contributed by atoms with Crippen molar-refractivity contribution in [1.82, 2.24) is 10.2 Å². The normalized spacial score (nSPS) is 17.4. The van der Waals surface area contributed by atoms with E-state index in [1.807, 2.05) is 24.3 Å². The Kier molecular flexibility index (Phi) is 7.49. The van der Waals surface area contributed by atoms with Crippen molar-refractivity contribution < 1.29 is 28.6 Å². The number of nitrogens with one attached hydrogen (secondary N) is 2. The van der Waals surface area contributed by atoms with E-state index in [0.717, 1.165) is 25.7 Å². The maximum Gasteiger partial charge on any atom is 0.320 e. The molecule has 1 heterocycles. The summed E-state index contributed by atoms with van der Waals surface area (Å²) >= 11 is 0. The minimum atomic E-state index is -0.723. The van der Waals surface area contributed by atoms with Crippen LogP contribution in [0.5, 0.6) is 11.5 Å². The third kappa shape index (κ3) is 6.08. The van der Waals surface area contributed by atoms with Gasteiger partial charge in [-0.15, -0.1) is 5.10 Å². The Morgan fingerprint density at radius 1 is 0.971 bits per heavy atom. The molecule has 0 bridgehead atoms. The first kappa shape index (κ1) is 24.1.